The quantitative estimate of drug-likeness (QED) is 0.844. The van der Waals surface area contributed by atoms with Gasteiger partial charge >= 0.3 is 0 Å². The van der Waals surface area contributed by atoms with E-state index in [0.717, 1.165) is 36.9 Å². The van der Waals surface area contributed by atoms with Crippen LogP contribution in [0, 0.1) is 0 Å². The minimum Gasteiger partial charge on any atom is -0.475 e. The van der Waals surface area contributed by atoms with Crippen molar-refractivity contribution in [1.29, 1.82) is 0 Å². The van der Waals surface area contributed by atoms with Gasteiger partial charge < -0.3 is 14.4 Å². The van der Waals surface area contributed by atoms with Gasteiger partial charge in [0.1, 0.15) is 12.4 Å². The van der Waals surface area contributed by atoms with Crippen LogP contribution in [0.3, 0.4) is 0 Å². The molecule has 6 nitrogen and oxygen atoms in total. The first-order valence-corrected chi connectivity index (χ1v) is 8.05. The van der Waals surface area contributed by atoms with Gasteiger partial charge in [-0.15, -0.1) is 0 Å². The monoisotopic (exact) mass is 305 g/mol. The maximum atomic E-state index is 12.5. The van der Waals surface area contributed by atoms with Crippen molar-refractivity contribution in [3.63, 3.8) is 0 Å². The molecule has 2 aliphatic heterocycles. The number of nitrogens with zero attached hydrogens (tertiary/aromatic N) is 3. The van der Waals surface area contributed by atoms with Crippen molar-refractivity contribution in [3.05, 3.63) is 17.6 Å². The van der Waals surface area contributed by atoms with Crippen LogP contribution in [0.4, 0.5) is 0 Å². The fourth-order valence-electron chi connectivity index (χ4n) is 3.02. The highest BCUT2D eigenvalue weighted by Gasteiger charge is 2.30. The van der Waals surface area contributed by atoms with Crippen LogP contribution in [0.5, 0.6) is 5.88 Å². The first kappa shape index (κ1) is 15.2. The topological polar surface area (TPSA) is 64.6 Å². The zero-order valence-corrected chi connectivity index (χ0v) is 13.2. The van der Waals surface area contributed by atoms with E-state index in [2.05, 4.69) is 9.97 Å². The summed E-state index contributed by atoms with van der Waals surface area (Å²) in [5, 5.41) is 0. The number of hydrogen-bond acceptors (Lipinski definition) is 5. The molecule has 6 heteroatoms. The number of carbonyl (C=O) groups excluding carboxylic acids is 1. The Bertz CT molecular complexity index is 541. The van der Waals surface area contributed by atoms with Gasteiger partial charge in [-0.05, 0) is 33.1 Å². The van der Waals surface area contributed by atoms with Crippen molar-refractivity contribution >= 4 is 5.91 Å². The zero-order chi connectivity index (χ0) is 15.5. The molecule has 1 saturated heterocycles. The van der Waals surface area contributed by atoms with E-state index >= 15 is 0 Å². The molecule has 1 amide bonds. The summed E-state index contributed by atoms with van der Waals surface area (Å²) in [6.45, 7) is 6.02. The minimum absolute atomic E-state index is 0.0758. The predicted molar refractivity (Wildman–Crippen MR) is 80.8 cm³/mol. The number of carbonyl (C=O) groups is 1. The highest BCUT2D eigenvalue weighted by molar-refractivity contribution is 5.81. The molecule has 1 aromatic heterocycles. The number of aromatic nitrogens is 2. The second kappa shape index (κ2) is 6.60. The smallest absolute Gasteiger partial charge is 0.251 e. The molecule has 0 saturated carbocycles. The molecular formula is C16H23N3O3. The first-order valence-electron chi connectivity index (χ1n) is 8.05. The maximum absolute atomic E-state index is 12.5. The molecule has 0 bridgehead atoms. The van der Waals surface area contributed by atoms with Crippen molar-refractivity contribution < 1.29 is 14.3 Å². The molecule has 0 unspecified atom stereocenters. The molecule has 1 fully saturated rings. The lowest BCUT2D eigenvalue weighted by Crippen LogP contribution is -2.40. The van der Waals surface area contributed by atoms with Crippen molar-refractivity contribution in [2.24, 2.45) is 0 Å². The summed E-state index contributed by atoms with van der Waals surface area (Å²) >= 11 is 0. The Morgan fingerprint density at radius 2 is 2.18 bits per heavy atom. The predicted octanol–water partition coefficient (Wildman–Crippen LogP) is 1.37. The highest BCUT2D eigenvalue weighted by atomic mass is 16.5. The average Bonchev–Trinajstić information content (AvgIpc) is 2.93. The van der Waals surface area contributed by atoms with Gasteiger partial charge in [0.2, 0.25) is 5.88 Å². The van der Waals surface area contributed by atoms with Crippen molar-refractivity contribution in [3.8, 4) is 5.88 Å². The van der Waals surface area contributed by atoms with Crippen LogP contribution in [0.1, 0.15) is 37.9 Å². The number of hydrogen-bond donors (Lipinski definition) is 0. The van der Waals surface area contributed by atoms with Gasteiger partial charge in [-0.25, -0.2) is 9.97 Å². The summed E-state index contributed by atoms with van der Waals surface area (Å²) in [5.74, 6) is 0.774. The maximum Gasteiger partial charge on any atom is 0.251 e. The molecular weight excluding hydrogens is 282 g/mol. The first-order chi connectivity index (χ1) is 10.6. The van der Waals surface area contributed by atoms with E-state index in [0.29, 0.717) is 25.6 Å². The molecule has 3 rings (SSSR count). The summed E-state index contributed by atoms with van der Waals surface area (Å²) < 4.78 is 11.3. The molecule has 0 radical (unpaired) electrons. The lowest BCUT2D eigenvalue weighted by molar-refractivity contribution is -0.140. The molecule has 120 valence electrons. The summed E-state index contributed by atoms with van der Waals surface area (Å²) in [6, 6.07) is 0. The fourth-order valence-corrected chi connectivity index (χ4v) is 3.02. The van der Waals surface area contributed by atoms with Crippen LogP contribution in [-0.2, 0) is 22.4 Å². The van der Waals surface area contributed by atoms with Gasteiger partial charge in [-0.2, -0.15) is 0 Å². The van der Waals surface area contributed by atoms with E-state index in [4.69, 9.17) is 9.47 Å². The van der Waals surface area contributed by atoms with Crippen LogP contribution >= 0.6 is 0 Å². The molecule has 3 heterocycles. The van der Waals surface area contributed by atoms with E-state index in [1.165, 1.54) is 0 Å². The lowest BCUT2D eigenvalue weighted by atomic mass is 10.1. The van der Waals surface area contributed by atoms with E-state index in [9.17, 15) is 4.79 Å². The van der Waals surface area contributed by atoms with Crippen LogP contribution in [0.25, 0.3) is 0 Å². The third-order valence-electron chi connectivity index (χ3n) is 4.11. The normalized spacial score (nSPS) is 21.6. The summed E-state index contributed by atoms with van der Waals surface area (Å²) in [7, 11) is 0. The molecule has 0 spiro atoms. The van der Waals surface area contributed by atoms with Gasteiger partial charge in [0.15, 0.2) is 0 Å². The number of fused-ring (bicyclic) bond motifs is 1. The standard InChI is InChI=1S/C16H23N3O3/c1-11(2)22-15-12-5-7-19(8-6-13(12)17-10-18-15)16(20)14-4-3-9-21-14/h10-11,14H,3-9H2,1-2H3/t14-/m0/s1. The number of amides is 1. The van der Waals surface area contributed by atoms with E-state index < -0.39 is 0 Å². The minimum atomic E-state index is -0.251. The Kier molecular flexibility index (Phi) is 4.57. The van der Waals surface area contributed by atoms with Crippen LogP contribution in [-0.4, -0.2) is 52.7 Å². The summed E-state index contributed by atoms with van der Waals surface area (Å²) in [5.41, 5.74) is 2.03. The van der Waals surface area contributed by atoms with Crippen molar-refractivity contribution in [2.45, 2.75) is 51.7 Å². The molecule has 1 atom stereocenters. The zero-order valence-electron chi connectivity index (χ0n) is 13.2. The van der Waals surface area contributed by atoms with Crippen LogP contribution in [0.15, 0.2) is 6.33 Å². The Morgan fingerprint density at radius 1 is 1.36 bits per heavy atom. The van der Waals surface area contributed by atoms with Gasteiger partial charge in [0.25, 0.3) is 5.91 Å². The average molecular weight is 305 g/mol. The van der Waals surface area contributed by atoms with E-state index in [1.54, 1.807) is 6.33 Å². The third-order valence-corrected chi connectivity index (χ3v) is 4.11. The SMILES string of the molecule is CC(C)Oc1ncnc2c1CCN(C(=O)[C@@H]1CCCO1)CC2. The Hall–Kier alpha value is -1.69. The molecule has 0 aliphatic carbocycles. The Balaban J connectivity index is 1.73. The van der Waals surface area contributed by atoms with Gasteiger partial charge in [-0.3, -0.25) is 4.79 Å². The molecule has 1 aromatic rings. The molecule has 0 aromatic carbocycles. The van der Waals surface area contributed by atoms with E-state index in [-0.39, 0.29) is 18.1 Å². The van der Waals surface area contributed by atoms with Gasteiger partial charge in [0.05, 0.1) is 11.8 Å². The largest absolute Gasteiger partial charge is 0.475 e. The van der Waals surface area contributed by atoms with Crippen molar-refractivity contribution in [1.82, 2.24) is 14.9 Å². The second-order valence-electron chi connectivity index (χ2n) is 6.10. The molecule has 0 N–H and O–H groups in total. The second-order valence-corrected chi connectivity index (χ2v) is 6.10. The lowest BCUT2D eigenvalue weighted by Gasteiger charge is -2.23. The molecule has 22 heavy (non-hydrogen) atoms. The Labute approximate surface area is 130 Å². The van der Waals surface area contributed by atoms with Gasteiger partial charge in [0, 0.05) is 31.7 Å². The highest BCUT2D eigenvalue weighted by Crippen LogP contribution is 2.24. The number of rotatable bonds is 3. The summed E-state index contributed by atoms with van der Waals surface area (Å²) in [4.78, 5) is 23.0. The Morgan fingerprint density at radius 3 is 2.91 bits per heavy atom. The van der Waals surface area contributed by atoms with E-state index in [1.807, 2.05) is 18.7 Å². The van der Waals surface area contributed by atoms with Crippen molar-refractivity contribution in [2.75, 3.05) is 19.7 Å². The summed E-state index contributed by atoms with van der Waals surface area (Å²) in [6.07, 6.45) is 4.66. The van der Waals surface area contributed by atoms with Crippen LogP contribution < -0.4 is 4.74 Å². The van der Waals surface area contributed by atoms with Gasteiger partial charge in [-0.1, -0.05) is 0 Å². The number of ether oxygens (including phenoxy) is 2. The molecule has 2 aliphatic rings. The van der Waals surface area contributed by atoms with Crippen LogP contribution in [0.2, 0.25) is 0 Å². The fraction of sp³-hybridized carbons (Fsp3) is 0.688. The third kappa shape index (κ3) is 3.21.